The van der Waals surface area contributed by atoms with Gasteiger partial charge in [-0.25, -0.2) is 5.43 Å². The van der Waals surface area contributed by atoms with Crippen LogP contribution in [0.5, 0.6) is 11.5 Å². The van der Waals surface area contributed by atoms with Crippen molar-refractivity contribution in [1.82, 2.24) is 5.43 Å². The van der Waals surface area contributed by atoms with Gasteiger partial charge in [-0.3, -0.25) is 9.59 Å². The molecule has 0 spiro atoms. The van der Waals surface area contributed by atoms with E-state index in [2.05, 4.69) is 15.8 Å². The molecule has 0 fully saturated rings. The van der Waals surface area contributed by atoms with Crippen molar-refractivity contribution in [1.29, 1.82) is 0 Å². The summed E-state index contributed by atoms with van der Waals surface area (Å²) >= 11 is 0. The lowest BCUT2D eigenvalue weighted by molar-refractivity contribution is -0.120. The van der Waals surface area contributed by atoms with Crippen LogP contribution in [-0.4, -0.2) is 31.7 Å². The molecular weight excluding hydrogens is 346 g/mol. The van der Waals surface area contributed by atoms with Crippen molar-refractivity contribution in [2.75, 3.05) is 19.5 Å². The monoisotopic (exact) mass is 369 g/mol. The molecule has 27 heavy (non-hydrogen) atoms. The topological polar surface area (TPSA) is 89.0 Å². The van der Waals surface area contributed by atoms with Crippen molar-refractivity contribution in [3.05, 3.63) is 54.1 Å². The molecule has 2 N–H and O–H groups in total. The molecule has 7 nitrogen and oxygen atoms in total. The largest absolute Gasteiger partial charge is 0.497 e. The average Bonchev–Trinajstić information content (AvgIpc) is 2.67. The Balaban J connectivity index is 1.83. The maximum atomic E-state index is 12.1. The number of amides is 2. The molecule has 0 atom stereocenters. The van der Waals surface area contributed by atoms with Gasteiger partial charge in [0.2, 0.25) is 11.8 Å². The zero-order chi connectivity index (χ0) is 19.6. The second-order valence-corrected chi connectivity index (χ2v) is 5.83. The van der Waals surface area contributed by atoms with Gasteiger partial charge < -0.3 is 14.8 Å². The summed E-state index contributed by atoms with van der Waals surface area (Å²) in [6.07, 6.45) is 0.245. The molecule has 7 heteroatoms. The highest BCUT2D eigenvalue weighted by molar-refractivity contribution is 6.06. The third-order valence-corrected chi connectivity index (χ3v) is 3.69. The molecule has 0 heterocycles. The van der Waals surface area contributed by atoms with Crippen molar-refractivity contribution in [2.45, 2.75) is 19.8 Å². The Morgan fingerprint density at radius 1 is 0.963 bits per heavy atom. The van der Waals surface area contributed by atoms with Crippen LogP contribution in [0.3, 0.4) is 0 Å². The Morgan fingerprint density at radius 3 is 2.33 bits per heavy atom. The summed E-state index contributed by atoms with van der Waals surface area (Å²) in [6, 6.07) is 14.3. The number of hydrogen-bond acceptors (Lipinski definition) is 5. The lowest BCUT2D eigenvalue weighted by Gasteiger charge is -2.09. The number of para-hydroxylation sites is 2. The fourth-order valence-corrected chi connectivity index (χ4v) is 2.34. The Bertz CT molecular complexity index is 816. The number of anilines is 1. The summed E-state index contributed by atoms with van der Waals surface area (Å²) in [4.78, 5) is 24.1. The van der Waals surface area contributed by atoms with Gasteiger partial charge in [-0.15, -0.1) is 0 Å². The minimum atomic E-state index is -0.260. The van der Waals surface area contributed by atoms with E-state index >= 15 is 0 Å². The molecule has 142 valence electrons. The normalized spacial score (nSPS) is 10.9. The summed E-state index contributed by atoms with van der Waals surface area (Å²) in [7, 11) is 3.12. The Hall–Kier alpha value is -3.35. The third kappa shape index (κ3) is 6.47. The lowest BCUT2D eigenvalue weighted by Crippen LogP contribution is -2.23. The predicted molar refractivity (Wildman–Crippen MR) is 104 cm³/mol. The first-order chi connectivity index (χ1) is 13.0. The molecule has 0 saturated heterocycles. The third-order valence-electron chi connectivity index (χ3n) is 3.69. The molecule has 0 unspecified atom stereocenters. The van der Waals surface area contributed by atoms with Crippen LogP contribution in [0.15, 0.2) is 53.6 Å². The van der Waals surface area contributed by atoms with Crippen molar-refractivity contribution in [3.63, 3.8) is 0 Å². The highest BCUT2D eigenvalue weighted by Crippen LogP contribution is 2.23. The molecule has 0 aliphatic heterocycles. The maximum absolute atomic E-state index is 12.1. The standard InChI is InChI=1S/C20H23N3O4/c1-14(12-19(24)21-17-6-4-5-7-18(17)27-3)22-23-20(25)13-15-8-10-16(26-2)11-9-15/h4-11H,12-13H2,1-3H3,(H,21,24)(H,23,25). The Kier molecular flexibility index (Phi) is 7.37. The molecule has 0 aliphatic rings. The number of rotatable bonds is 8. The van der Waals surface area contributed by atoms with Crippen LogP contribution >= 0.6 is 0 Å². The number of methoxy groups -OCH3 is 2. The first-order valence-corrected chi connectivity index (χ1v) is 8.39. The lowest BCUT2D eigenvalue weighted by atomic mass is 10.1. The van der Waals surface area contributed by atoms with Crippen molar-refractivity contribution < 1.29 is 19.1 Å². The van der Waals surface area contributed by atoms with E-state index < -0.39 is 0 Å². The number of ether oxygens (including phenoxy) is 2. The van der Waals surface area contributed by atoms with Crippen LogP contribution < -0.4 is 20.2 Å². The molecule has 2 rings (SSSR count). The summed E-state index contributed by atoms with van der Waals surface area (Å²) < 4.78 is 10.3. The quantitative estimate of drug-likeness (QED) is 0.553. The number of nitrogens with zero attached hydrogens (tertiary/aromatic N) is 1. The van der Waals surface area contributed by atoms with Gasteiger partial charge in [-0.05, 0) is 36.8 Å². The number of hydrogen-bond donors (Lipinski definition) is 2. The summed E-state index contributed by atoms with van der Waals surface area (Å²) in [5, 5.41) is 6.74. The number of carbonyl (C=O) groups excluding carboxylic acids is 2. The molecule has 2 aromatic carbocycles. The van der Waals surface area contributed by atoms with Crippen LogP contribution in [0, 0.1) is 0 Å². The van der Waals surface area contributed by atoms with Crippen molar-refractivity contribution in [2.24, 2.45) is 5.10 Å². The number of nitrogens with one attached hydrogen (secondary N) is 2. The SMILES string of the molecule is COc1ccc(CC(=O)NN=C(C)CC(=O)Nc2ccccc2OC)cc1. The van der Waals surface area contributed by atoms with E-state index in [1.807, 2.05) is 18.2 Å². The van der Waals surface area contributed by atoms with E-state index in [-0.39, 0.29) is 24.7 Å². The van der Waals surface area contributed by atoms with Crippen molar-refractivity contribution >= 4 is 23.2 Å². The molecule has 2 aromatic rings. The Labute approximate surface area is 158 Å². The molecule has 0 bridgehead atoms. The first kappa shape index (κ1) is 20.0. The van der Waals surface area contributed by atoms with Crippen LogP contribution in [0.2, 0.25) is 0 Å². The van der Waals surface area contributed by atoms with Gasteiger partial charge in [0, 0.05) is 5.71 Å². The van der Waals surface area contributed by atoms with Gasteiger partial charge in [-0.2, -0.15) is 5.10 Å². The van der Waals surface area contributed by atoms with E-state index in [9.17, 15) is 9.59 Å². The van der Waals surface area contributed by atoms with E-state index in [4.69, 9.17) is 9.47 Å². The van der Waals surface area contributed by atoms with Crippen LogP contribution in [0.1, 0.15) is 18.9 Å². The highest BCUT2D eigenvalue weighted by atomic mass is 16.5. The van der Waals surface area contributed by atoms with Gasteiger partial charge in [0.15, 0.2) is 0 Å². The molecule has 0 aromatic heterocycles. The van der Waals surface area contributed by atoms with Gasteiger partial charge in [-0.1, -0.05) is 24.3 Å². The second-order valence-electron chi connectivity index (χ2n) is 5.83. The minimum Gasteiger partial charge on any atom is -0.497 e. The smallest absolute Gasteiger partial charge is 0.244 e. The first-order valence-electron chi connectivity index (χ1n) is 8.39. The molecule has 0 aliphatic carbocycles. The molecule has 0 saturated carbocycles. The zero-order valence-corrected chi connectivity index (χ0v) is 15.6. The highest BCUT2D eigenvalue weighted by Gasteiger charge is 2.09. The molecule has 2 amide bonds. The second kappa shape index (κ2) is 9.96. The Morgan fingerprint density at radius 2 is 1.67 bits per heavy atom. The van der Waals surface area contributed by atoms with Gasteiger partial charge in [0.1, 0.15) is 11.5 Å². The fraction of sp³-hybridized carbons (Fsp3) is 0.250. The predicted octanol–water partition coefficient (Wildman–Crippen LogP) is 2.77. The summed E-state index contributed by atoms with van der Waals surface area (Å²) in [5.41, 5.74) is 4.38. The zero-order valence-electron chi connectivity index (χ0n) is 15.6. The number of carbonyl (C=O) groups is 2. The van der Waals surface area contributed by atoms with E-state index in [1.165, 1.54) is 7.11 Å². The minimum absolute atomic E-state index is 0.0564. The van der Waals surface area contributed by atoms with E-state index in [1.54, 1.807) is 44.4 Å². The van der Waals surface area contributed by atoms with Gasteiger partial charge in [0.05, 0.1) is 32.7 Å². The number of benzene rings is 2. The maximum Gasteiger partial charge on any atom is 0.244 e. The van der Waals surface area contributed by atoms with Crippen LogP contribution in [0.25, 0.3) is 0 Å². The fourth-order valence-electron chi connectivity index (χ4n) is 2.34. The van der Waals surface area contributed by atoms with Crippen LogP contribution in [0.4, 0.5) is 5.69 Å². The number of hydrazone groups is 1. The van der Waals surface area contributed by atoms with E-state index in [0.29, 0.717) is 17.1 Å². The average molecular weight is 369 g/mol. The van der Waals surface area contributed by atoms with Crippen molar-refractivity contribution in [3.8, 4) is 11.5 Å². The molecular formula is C20H23N3O4. The summed E-state index contributed by atoms with van der Waals surface area (Å²) in [5.74, 6) is 0.803. The van der Waals surface area contributed by atoms with E-state index in [0.717, 1.165) is 11.3 Å². The summed E-state index contributed by atoms with van der Waals surface area (Å²) in [6.45, 7) is 1.68. The van der Waals surface area contributed by atoms with Crippen LogP contribution in [-0.2, 0) is 16.0 Å². The van der Waals surface area contributed by atoms with Gasteiger partial charge in [0.25, 0.3) is 0 Å². The molecule has 0 radical (unpaired) electrons. The van der Waals surface area contributed by atoms with Gasteiger partial charge >= 0.3 is 0 Å².